The third kappa shape index (κ3) is 2.44. The molecule has 1 amide bonds. The Kier molecular flexibility index (Phi) is 3.29. The highest BCUT2D eigenvalue weighted by molar-refractivity contribution is 5.98. The zero-order valence-corrected chi connectivity index (χ0v) is 10.3. The molecule has 0 saturated heterocycles. The molecule has 0 fully saturated rings. The van der Waals surface area contributed by atoms with Crippen molar-refractivity contribution in [1.82, 2.24) is 4.57 Å². The van der Waals surface area contributed by atoms with E-state index in [4.69, 9.17) is 5.73 Å². The van der Waals surface area contributed by atoms with E-state index in [2.05, 4.69) is 0 Å². The lowest BCUT2D eigenvalue weighted by Gasteiger charge is -2.10. The van der Waals surface area contributed by atoms with Crippen LogP contribution in [0.2, 0.25) is 0 Å². The van der Waals surface area contributed by atoms with Crippen LogP contribution in [0.5, 0.6) is 0 Å². The summed E-state index contributed by atoms with van der Waals surface area (Å²) in [5.41, 5.74) is 5.90. The normalized spacial score (nSPS) is 10.2. The lowest BCUT2D eigenvalue weighted by molar-refractivity contribution is 0.0996. The topological polar surface area (TPSA) is 82.2 Å². The number of carbonyl (C=O) groups excluding carboxylic acids is 2. The van der Waals surface area contributed by atoms with Gasteiger partial charge in [-0.25, -0.2) is 0 Å². The van der Waals surface area contributed by atoms with Gasteiger partial charge in [-0.15, -0.1) is 0 Å². The number of ketones is 1. The van der Waals surface area contributed by atoms with E-state index < -0.39 is 5.91 Å². The number of nitrogens with two attached hydrogens (primary N) is 1. The standard InChI is InChI=1S/C14H12N2O3/c1-9(17)11-4-2-3-5-12(11)16-8-10(14(15)19)6-7-13(16)18/h2-8H,1H3,(H2,15,19). The number of rotatable bonds is 3. The van der Waals surface area contributed by atoms with Crippen LogP contribution in [0.15, 0.2) is 47.4 Å². The van der Waals surface area contributed by atoms with Gasteiger partial charge in [-0.1, -0.05) is 12.1 Å². The zero-order chi connectivity index (χ0) is 14.0. The average Bonchev–Trinajstić information content (AvgIpc) is 2.39. The van der Waals surface area contributed by atoms with E-state index in [-0.39, 0.29) is 16.9 Å². The van der Waals surface area contributed by atoms with Crippen LogP contribution in [0.25, 0.3) is 5.69 Å². The smallest absolute Gasteiger partial charge is 0.255 e. The van der Waals surface area contributed by atoms with E-state index in [1.165, 1.54) is 29.8 Å². The zero-order valence-electron chi connectivity index (χ0n) is 10.3. The maximum Gasteiger partial charge on any atom is 0.255 e. The number of hydrogen-bond donors (Lipinski definition) is 1. The molecule has 0 bridgehead atoms. The number of Topliss-reactive ketones (excluding diaryl/α,β-unsaturated/α-hetero) is 1. The van der Waals surface area contributed by atoms with Crippen molar-refractivity contribution >= 4 is 11.7 Å². The molecule has 2 rings (SSSR count). The number of amides is 1. The minimum absolute atomic E-state index is 0.160. The predicted molar refractivity (Wildman–Crippen MR) is 70.6 cm³/mol. The molecule has 0 saturated carbocycles. The van der Waals surface area contributed by atoms with E-state index in [1.807, 2.05) is 0 Å². The fourth-order valence-electron chi connectivity index (χ4n) is 1.80. The Hall–Kier alpha value is -2.69. The number of pyridine rings is 1. The van der Waals surface area contributed by atoms with Gasteiger partial charge >= 0.3 is 0 Å². The van der Waals surface area contributed by atoms with Gasteiger partial charge in [0.25, 0.3) is 5.56 Å². The Morgan fingerprint density at radius 3 is 2.42 bits per heavy atom. The Morgan fingerprint density at radius 2 is 1.79 bits per heavy atom. The fourth-order valence-corrected chi connectivity index (χ4v) is 1.80. The molecule has 0 aliphatic heterocycles. The average molecular weight is 256 g/mol. The van der Waals surface area contributed by atoms with Gasteiger partial charge in [0.2, 0.25) is 5.91 Å². The molecule has 0 aliphatic carbocycles. The summed E-state index contributed by atoms with van der Waals surface area (Å²) in [7, 11) is 0. The molecule has 1 aromatic carbocycles. The number of aromatic nitrogens is 1. The van der Waals surface area contributed by atoms with E-state index >= 15 is 0 Å². The quantitative estimate of drug-likeness (QED) is 0.836. The van der Waals surface area contributed by atoms with Gasteiger partial charge < -0.3 is 5.73 Å². The molecule has 0 spiro atoms. The van der Waals surface area contributed by atoms with Crippen LogP contribution in [0, 0.1) is 0 Å². The van der Waals surface area contributed by atoms with E-state index in [9.17, 15) is 14.4 Å². The molecule has 2 N–H and O–H groups in total. The first kappa shape index (κ1) is 12.8. The molecule has 2 aromatic rings. The molecule has 1 heterocycles. The Morgan fingerprint density at radius 1 is 1.11 bits per heavy atom. The van der Waals surface area contributed by atoms with Crippen molar-refractivity contribution in [2.24, 2.45) is 5.73 Å². The molecule has 19 heavy (non-hydrogen) atoms. The highest BCUT2D eigenvalue weighted by atomic mass is 16.1. The van der Waals surface area contributed by atoms with Crippen molar-refractivity contribution in [3.05, 3.63) is 64.1 Å². The summed E-state index contributed by atoms with van der Waals surface area (Å²) < 4.78 is 1.25. The molecule has 1 aromatic heterocycles. The van der Waals surface area contributed by atoms with Gasteiger partial charge in [0.15, 0.2) is 5.78 Å². The summed E-state index contributed by atoms with van der Waals surface area (Å²) in [4.78, 5) is 34.6. The number of nitrogens with zero attached hydrogens (tertiary/aromatic N) is 1. The van der Waals surface area contributed by atoms with Crippen molar-refractivity contribution in [1.29, 1.82) is 0 Å². The van der Waals surface area contributed by atoms with Gasteiger partial charge in [0, 0.05) is 17.8 Å². The van der Waals surface area contributed by atoms with E-state index in [1.54, 1.807) is 24.3 Å². The molecular formula is C14H12N2O3. The van der Waals surface area contributed by atoms with Crippen LogP contribution in [0.4, 0.5) is 0 Å². The van der Waals surface area contributed by atoms with Crippen LogP contribution in [0.1, 0.15) is 27.6 Å². The van der Waals surface area contributed by atoms with Crippen LogP contribution in [-0.2, 0) is 0 Å². The molecule has 0 unspecified atom stereocenters. The van der Waals surface area contributed by atoms with Crippen LogP contribution in [0.3, 0.4) is 0 Å². The third-order valence-corrected chi connectivity index (χ3v) is 2.74. The minimum atomic E-state index is -0.631. The predicted octanol–water partition coefficient (Wildman–Crippen LogP) is 1.14. The first-order chi connectivity index (χ1) is 9.00. The minimum Gasteiger partial charge on any atom is -0.366 e. The van der Waals surface area contributed by atoms with Gasteiger partial charge in [-0.3, -0.25) is 19.0 Å². The van der Waals surface area contributed by atoms with Gasteiger partial charge in [-0.2, -0.15) is 0 Å². The van der Waals surface area contributed by atoms with Gasteiger partial charge in [0.05, 0.1) is 11.3 Å². The summed E-state index contributed by atoms with van der Waals surface area (Å²) in [6.45, 7) is 1.42. The molecule has 0 aliphatic rings. The molecule has 0 atom stereocenters. The monoisotopic (exact) mass is 256 g/mol. The summed E-state index contributed by atoms with van der Waals surface area (Å²) in [6.07, 6.45) is 1.34. The number of primary amides is 1. The fraction of sp³-hybridized carbons (Fsp3) is 0.0714. The number of para-hydroxylation sites is 1. The maximum absolute atomic E-state index is 11.9. The molecular weight excluding hydrogens is 244 g/mol. The lowest BCUT2D eigenvalue weighted by atomic mass is 10.1. The van der Waals surface area contributed by atoms with Crippen molar-refractivity contribution in [2.45, 2.75) is 6.92 Å². The second-order valence-electron chi connectivity index (χ2n) is 4.06. The van der Waals surface area contributed by atoms with Crippen LogP contribution < -0.4 is 11.3 Å². The van der Waals surface area contributed by atoms with Gasteiger partial charge in [-0.05, 0) is 25.1 Å². The number of hydrogen-bond acceptors (Lipinski definition) is 3. The largest absolute Gasteiger partial charge is 0.366 e. The van der Waals surface area contributed by atoms with Crippen LogP contribution in [-0.4, -0.2) is 16.3 Å². The second-order valence-corrected chi connectivity index (χ2v) is 4.06. The molecule has 96 valence electrons. The van der Waals surface area contributed by atoms with E-state index in [0.29, 0.717) is 11.3 Å². The lowest BCUT2D eigenvalue weighted by Crippen LogP contribution is -2.22. The molecule has 5 nitrogen and oxygen atoms in total. The molecule has 5 heteroatoms. The van der Waals surface area contributed by atoms with Gasteiger partial charge in [0.1, 0.15) is 0 Å². The summed E-state index contributed by atoms with van der Waals surface area (Å²) in [5.74, 6) is -0.791. The van der Waals surface area contributed by atoms with Crippen LogP contribution >= 0.6 is 0 Å². The number of carbonyl (C=O) groups is 2. The summed E-state index contributed by atoms with van der Waals surface area (Å²) in [6, 6.07) is 9.30. The second kappa shape index (κ2) is 4.89. The Bertz CT molecular complexity index is 717. The highest BCUT2D eigenvalue weighted by Crippen LogP contribution is 2.13. The first-order valence-electron chi connectivity index (χ1n) is 5.63. The van der Waals surface area contributed by atoms with Crippen molar-refractivity contribution in [3.8, 4) is 5.69 Å². The SMILES string of the molecule is CC(=O)c1ccccc1-n1cc(C(N)=O)ccc1=O. The van der Waals surface area contributed by atoms with Crippen molar-refractivity contribution in [3.63, 3.8) is 0 Å². The van der Waals surface area contributed by atoms with Crippen molar-refractivity contribution in [2.75, 3.05) is 0 Å². The first-order valence-corrected chi connectivity index (χ1v) is 5.63. The maximum atomic E-state index is 11.9. The Labute approximate surface area is 109 Å². The highest BCUT2D eigenvalue weighted by Gasteiger charge is 2.11. The number of benzene rings is 1. The third-order valence-electron chi connectivity index (χ3n) is 2.74. The van der Waals surface area contributed by atoms with E-state index in [0.717, 1.165) is 0 Å². The molecule has 0 radical (unpaired) electrons. The van der Waals surface area contributed by atoms with Crippen molar-refractivity contribution < 1.29 is 9.59 Å². The Balaban J connectivity index is 2.72. The summed E-state index contributed by atoms with van der Waals surface area (Å²) >= 11 is 0. The summed E-state index contributed by atoms with van der Waals surface area (Å²) in [5, 5.41) is 0.